The fraction of sp³-hybridized carbons (Fsp3) is 0.455. The third kappa shape index (κ3) is 3.99. The van der Waals surface area contributed by atoms with Crippen LogP contribution in [0, 0.1) is 18.3 Å². The van der Waals surface area contributed by atoms with E-state index in [9.17, 15) is 0 Å². The number of hydrogen-bond acceptors (Lipinski definition) is 8. The molecule has 31 heavy (non-hydrogen) atoms. The van der Waals surface area contributed by atoms with Gasteiger partial charge in [-0.2, -0.15) is 0 Å². The Morgan fingerprint density at radius 1 is 1.26 bits per heavy atom. The van der Waals surface area contributed by atoms with Crippen LogP contribution in [0.25, 0.3) is 22.6 Å². The molecule has 1 atom stereocenters. The predicted molar refractivity (Wildman–Crippen MR) is 122 cm³/mol. The summed E-state index contributed by atoms with van der Waals surface area (Å²) >= 11 is 0. The third-order valence-electron chi connectivity index (χ3n) is 5.73. The molecule has 0 bridgehead atoms. The first-order chi connectivity index (χ1) is 14.9. The summed E-state index contributed by atoms with van der Waals surface area (Å²) in [5.41, 5.74) is 11.0. The standard InChI is InChI=1S/C22H29N9/c1-5-31-21(14-9-25-13(4)26-10-14)30-19-20(27-11-28-22(19)31)29-15-6-7-17(23)16(8-15)18(24)12(2)3/h9-12,15,24H,5-8,23H2,1-4H3,(H,27,28,29). The number of nitrogens with two attached hydrogens (primary N) is 1. The number of hydrogen-bond donors (Lipinski definition) is 3. The molecule has 9 heteroatoms. The van der Waals surface area contributed by atoms with Gasteiger partial charge in [0, 0.05) is 36.4 Å². The number of nitrogens with one attached hydrogen (secondary N) is 2. The van der Waals surface area contributed by atoms with Crippen molar-refractivity contribution in [2.45, 2.75) is 59.5 Å². The fourth-order valence-corrected chi connectivity index (χ4v) is 3.98. The largest absolute Gasteiger partial charge is 0.402 e. The highest BCUT2D eigenvalue weighted by atomic mass is 15.2. The van der Waals surface area contributed by atoms with E-state index in [1.54, 1.807) is 18.7 Å². The van der Waals surface area contributed by atoms with Crippen LogP contribution < -0.4 is 11.1 Å². The number of allylic oxidation sites excluding steroid dienone is 1. The van der Waals surface area contributed by atoms with Crippen molar-refractivity contribution in [3.63, 3.8) is 0 Å². The average Bonchev–Trinajstić information content (AvgIpc) is 3.14. The third-order valence-corrected chi connectivity index (χ3v) is 5.73. The molecule has 0 spiro atoms. The molecule has 0 aromatic carbocycles. The molecular weight excluding hydrogens is 390 g/mol. The van der Waals surface area contributed by atoms with Crippen LogP contribution in [-0.2, 0) is 6.54 Å². The van der Waals surface area contributed by atoms with Gasteiger partial charge in [0.1, 0.15) is 18.0 Å². The number of aryl methyl sites for hydroxylation is 2. The first-order valence-corrected chi connectivity index (χ1v) is 10.7. The van der Waals surface area contributed by atoms with Gasteiger partial charge in [0.25, 0.3) is 0 Å². The van der Waals surface area contributed by atoms with Crippen LogP contribution in [0.4, 0.5) is 5.82 Å². The number of imidazole rings is 1. The Labute approximate surface area is 181 Å². The zero-order valence-electron chi connectivity index (χ0n) is 18.5. The molecule has 3 aromatic rings. The summed E-state index contributed by atoms with van der Waals surface area (Å²) < 4.78 is 2.05. The molecule has 0 fully saturated rings. The van der Waals surface area contributed by atoms with Gasteiger partial charge >= 0.3 is 0 Å². The Balaban J connectivity index is 1.68. The van der Waals surface area contributed by atoms with Crippen molar-refractivity contribution in [2.24, 2.45) is 11.7 Å². The summed E-state index contributed by atoms with van der Waals surface area (Å²) in [6.45, 7) is 8.70. The van der Waals surface area contributed by atoms with E-state index in [-0.39, 0.29) is 12.0 Å². The van der Waals surface area contributed by atoms with Crippen molar-refractivity contribution in [1.29, 1.82) is 5.41 Å². The van der Waals surface area contributed by atoms with Gasteiger partial charge in [0.2, 0.25) is 0 Å². The lowest BCUT2D eigenvalue weighted by atomic mass is 9.86. The molecule has 162 valence electrons. The number of aromatic nitrogens is 6. The summed E-state index contributed by atoms with van der Waals surface area (Å²) in [6.07, 6.45) is 7.51. The minimum absolute atomic E-state index is 0.137. The van der Waals surface area contributed by atoms with Gasteiger partial charge in [-0.15, -0.1) is 0 Å². The lowest BCUT2D eigenvalue weighted by Crippen LogP contribution is -2.30. The maximum atomic E-state index is 8.42. The quantitative estimate of drug-likeness (QED) is 0.521. The van der Waals surface area contributed by atoms with E-state index in [1.807, 2.05) is 20.8 Å². The second-order valence-corrected chi connectivity index (χ2v) is 8.25. The van der Waals surface area contributed by atoms with E-state index in [0.29, 0.717) is 24.5 Å². The fourth-order valence-electron chi connectivity index (χ4n) is 3.98. The summed E-state index contributed by atoms with van der Waals surface area (Å²) in [7, 11) is 0. The van der Waals surface area contributed by atoms with Crippen LogP contribution in [-0.4, -0.2) is 41.2 Å². The first kappa shape index (κ1) is 20.9. The second-order valence-electron chi connectivity index (χ2n) is 8.25. The van der Waals surface area contributed by atoms with Crippen molar-refractivity contribution in [3.05, 3.63) is 35.8 Å². The first-order valence-electron chi connectivity index (χ1n) is 10.7. The number of nitrogens with zero attached hydrogens (tertiary/aromatic N) is 6. The molecule has 0 radical (unpaired) electrons. The maximum Gasteiger partial charge on any atom is 0.165 e. The highest BCUT2D eigenvalue weighted by Crippen LogP contribution is 2.30. The summed E-state index contributed by atoms with van der Waals surface area (Å²) in [5.74, 6) is 2.35. The number of rotatable bonds is 6. The second kappa shape index (κ2) is 8.41. The zero-order valence-corrected chi connectivity index (χ0v) is 18.5. The Kier molecular flexibility index (Phi) is 5.67. The molecule has 3 aromatic heterocycles. The molecule has 0 saturated carbocycles. The van der Waals surface area contributed by atoms with Crippen LogP contribution in [0.5, 0.6) is 0 Å². The molecule has 4 rings (SSSR count). The monoisotopic (exact) mass is 419 g/mol. The smallest absolute Gasteiger partial charge is 0.165 e. The van der Waals surface area contributed by atoms with Crippen molar-refractivity contribution in [3.8, 4) is 11.4 Å². The molecular formula is C22H29N9. The average molecular weight is 420 g/mol. The van der Waals surface area contributed by atoms with E-state index >= 15 is 0 Å². The van der Waals surface area contributed by atoms with Gasteiger partial charge in [-0.25, -0.2) is 24.9 Å². The molecule has 1 unspecified atom stereocenters. The van der Waals surface area contributed by atoms with Crippen molar-refractivity contribution < 1.29 is 0 Å². The number of anilines is 1. The van der Waals surface area contributed by atoms with Gasteiger partial charge in [0.15, 0.2) is 17.0 Å². The van der Waals surface area contributed by atoms with Crippen molar-refractivity contribution in [1.82, 2.24) is 29.5 Å². The molecule has 1 aliphatic carbocycles. The Bertz CT molecular complexity index is 1140. The normalized spacial score (nSPS) is 16.9. The summed E-state index contributed by atoms with van der Waals surface area (Å²) in [4.78, 5) is 22.5. The molecule has 1 aliphatic rings. The van der Waals surface area contributed by atoms with Gasteiger partial charge in [-0.05, 0) is 44.6 Å². The molecule has 4 N–H and O–H groups in total. The van der Waals surface area contributed by atoms with Gasteiger partial charge in [0.05, 0.1) is 5.56 Å². The Morgan fingerprint density at radius 3 is 2.68 bits per heavy atom. The Hall–Kier alpha value is -3.36. The molecule has 9 nitrogen and oxygen atoms in total. The highest BCUT2D eigenvalue weighted by molar-refractivity contribution is 6.00. The van der Waals surface area contributed by atoms with Crippen LogP contribution >= 0.6 is 0 Å². The van der Waals surface area contributed by atoms with Crippen LogP contribution in [0.1, 0.15) is 45.9 Å². The van der Waals surface area contributed by atoms with Gasteiger partial charge in [-0.3, -0.25) is 0 Å². The van der Waals surface area contributed by atoms with E-state index in [1.165, 1.54) is 0 Å². The van der Waals surface area contributed by atoms with E-state index in [4.69, 9.17) is 16.1 Å². The molecule has 0 aliphatic heterocycles. The molecule has 0 amide bonds. The molecule has 0 saturated heterocycles. The van der Waals surface area contributed by atoms with Gasteiger partial charge in [-0.1, -0.05) is 13.8 Å². The lowest BCUT2D eigenvalue weighted by Gasteiger charge is -2.28. The summed E-state index contributed by atoms with van der Waals surface area (Å²) in [6, 6.07) is 0.137. The zero-order chi connectivity index (χ0) is 22.1. The highest BCUT2D eigenvalue weighted by Gasteiger charge is 2.25. The number of fused-ring (bicyclic) bond motifs is 1. The van der Waals surface area contributed by atoms with Crippen LogP contribution in [0.15, 0.2) is 30.0 Å². The topological polar surface area (TPSA) is 131 Å². The molecule has 3 heterocycles. The minimum atomic E-state index is 0.137. The maximum absolute atomic E-state index is 8.42. The predicted octanol–water partition coefficient (Wildman–Crippen LogP) is 3.46. The van der Waals surface area contributed by atoms with Crippen molar-refractivity contribution >= 4 is 22.7 Å². The van der Waals surface area contributed by atoms with E-state index < -0.39 is 0 Å². The van der Waals surface area contributed by atoms with Crippen LogP contribution in [0.3, 0.4) is 0 Å². The lowest BCUT2D eigenvalue weighted by molar-refractivity contribution is 0.604. The minimum Gasteiger partial charge on any atom is -0.402 e. The van der Waals surface area contributed by atoms with Gasteiger partial charge < -0.3 is 21.0 Å². The summed E-state index contributed by atoms with van der Waals surface area (Å²) in [5, 5.41) is 12.0. The van der Waals surface area contributed by atoms with Crippen molar-refractivity contribution in [2.75, 3.05) is 5.32 Å². The van der Waals surface area contributed by atoms with Crippen LogP contribution in [0.2, 0.25) is 0 Å². The Morgan fingerprint density at radius 2 is 2.00 bits per heavy atom. The van der Waals surface area contributed by atoms with E-state index in [2.05, 4.69) is 36.7 Å². The van der Waals surface area contributed by atoms with E-state index in [0.717, 1.165) is 52.5 Å². The SMILES string of the molecule is CCn1c(-c2cnc(C)nc2)nc2c(NC3CCC(N)=C(C(=N)C(C)C)C3)ncnc21.